The van der Waals surface area contributed by atoms with Gasteiger partial charge in [0, 0.05) is 8.95 Å². The van der Waals surface area contributed by atoms with E-state index in [0.29, 0.717) is 15.0 Å². The molecule has 2 N–H and O–H groups in total. The lowest BCUT2D eigenvalue weighted by atomic mass is 9.96. The third-order valence-corrected chi connectivity index (χ3v) is 5.89. The van der Waals surface area contributed by atoms with E-state index in [1.54, 1.807) is 0 Å². The first kappa shape index (κ1) is 31.8. The molecule has 0 fully saturated rings. The van der Waals surface area contributed by atoms with Crippen molar-refractivity contribution in [1.29, 1.82) is 0 Å². The molecule has 13 heteroatoms. The Morgan fingerprint density at radius 3 is 2.00 bits per heavy atom. The Kier molecular flexibility index (Phi) is 10.2. The zero-order valence-corrected chi connectivity index (χ0v) is 23.4. The zero-order valence-electron chi connectivity index (χ0n) is 20.2. The van der Waals surface area contributed by atoms with Crippen LogP contribution >= 0.6 is 31.9 Å². The van der Waals surface area contributed by atoms with Crippen molar-refractivity contribution in [1.82, 2.24) is 10.6 Å². The minimum atomic E-state index is -5.01. The fraction of sp³-hybridized carbons (Fsp3) is 0.360. The van der Waals surface area contributed by atoms with Crippen molar-refractivity contribution in [3.8, 4) is 0 Å². The molecule has 0 aliphatic carbocycles. The molecule has 208 valence electrons. The lowest BCUT2D eigenvalue weighted by Crippen LogP contribution is -2.47. The maximum Gasteiger partial charge on any atom is 0.417 e. The van der Waals surface area contributed by atoms with E-state index in [0.717, 1.165) is 38.1 Å². The van der Waals surface area contributed by atoms with Crippen LogP contribution in [0.5, 0.6) is 0 Å². The molecule has 2 aromatic carbocycles. The first-order chi connectivity index (χ1) is 17.3. The minimum Gasteiger partial charge on any atom is -0.336 e. The van der Waals surface area contributed by atoms with Gasteiger partial charge >= 0.3 is 12.4 Å². The van der Waals surface area contributed by atoms with Gasteiger partial charge in [-0.2, -0.15) is 26.3 Å². The Bertz CT molecular complexity index is 1190. The summed E-state index contributed by atoms with van der Waals surface area (Å²) >= 11 is 6.23. The molecule has 0 aliphatic heterocycles. The van der Waals surface area contributed by atoms with Gasteiger partial charge in [0.05, 0.1) is 29.6 Å². The summed E-state index contributed by atoms with van der Waals surface area (Å²) in [5.41, 5.74) is -4.38. The Balaban J connectivity index is 2.34. The molecular weight excluding hydrogens is 653 g/mol. The molecule has 2 amide bonds. The number of benzene rings is 2. The number of hydrogen-bond acceptors (Lipinski definition) is 2. The maximum atomic E-state index is 13.8. The highest BCUT2D eigenvalue weighted by Crippen LogP contribution is 2.39. The van der Waals surface area contributed by atoms with Gasteiger partial charge in [-0.15, -0.1) is 0 Å². The highest BCUT2D eigenvalue weighted by Gasteiger charge is 2.39. The Labute approximate surface area is 231 Å². The molecule has 0 radical (unpaired) electrons. The van der Waals surface area contributed by atoms with Crippen LogP contribution in [-0.4, -0.2) is 29.8 Å². The number of rotatable bonds is 8. The molecule has 38 heavy (non-hydrogen) atoms. The van der Waals surface area contributed by atoms with E-state index in [2.05, 4.69) is 42.5 Å². The summed E-state index contributed by atoms with van der Waals surface area (Å²) in [4.78, 5) is 24.4. The number of nitrogens with one attached hydrogen (secondary N) is 2. The first-order valence-corrected chi connectivity index (χ1v) is 12.6. The van der Waals surface area contributed by atoms with Crippen molar-refractivity contribution >= 4 is 49.8 Å². The van der Waals surface area contributed by atoms with Crippen molar-refractivity contribution in [3.05, 3.63) is 73.7 Å². The summed E-state index contributed by atoms with van der Waals surface area (Å²) in [7, 11) is 0. The molecule has 0 aliphatic rings. The lowest BCUT2D eigenvalue weighted by Gasteiger charge is -2.20. The Morgan fingerprint density at radius 1 is 0.921 bits per heavy atom. The number of alkyl halides is 7. The number of allylic oxidation sites excluding steroid dienone is 1. The van der Waals surface area contributed by atoms with Crippen molar-refractivity contribution in [3.63, 3.8) is 0 Å². The highest BCUT2D eigenvalue weighted by atomic mass is 79.9. The van der Waals surface area contributed by atoms with Gasteiger partial charge in [0.2, 0.25) is 5.91 Å². The van der Waals surface area contributed by atoms with E-state index in [4.69, 9.17) is 0 Å². The lowest BCUT2D eigenvalue weighted by molar-refractivity contribution is -0.139. The largest absolute Gasteiger partial charge is 0.417 e. The third-order valence-electron chi connectivity index (χ3n) is 4.98. The van der Waals surface area contributed by atoms with Crippen LogP contribution in [-0.2, 0) is 11.0 Å². The van der Waals surface area contributed by atoms with E-state index in [1.165, 1.54) is 25.1 Å². The van der Waals surface area contributed by atoms with Crippen LogP contribution in [0.4, 0.5) is 30.7 Å². The molecule has 0 spiro atoms. The topological polar surface area (TPSA) is 58.2 Å². The van der Waals surface area contributed by atoms with Crippen LogP contribution < -0.4 is 10.6 Å². The summed E-state index contributed by atoms with van der Waals surface area (Å²) in [6, 6.07) is 6.49. The first-order valence-electron chi connectivity index (χ1n) is 11.0. The van der Waals surface area contributed by atoms with Crippen molar-refractivity contribution in [2.24, 2.45) is 0 Å². The van der Waals surface area contributed by atoms with Crippen LogP contribution in [0.3, 0.4) is 0 Å². The van der Waals surface area contributed by atoms with Gasteiger partial charge in [-0.25, -0.2) is 4.39 Å². The molecule has 0 bridgehead atoms. The summed E-state index contributed by atoms with van der Waals surface area (Å²) < 4.78 is 96.9. The Morgan fingerprint density at radius 2 is 1.50 bits per heavy atom. The van der Waals surface area contributed by atoms with E-state index < -0.39 is 59.5 Å². The molecule has 0 saturated carbocycles. The summed E-state index contributed by atoms with van der Waals surface area (Å²) in [5, 5.41) is 4.44. The molecule has 2 atom stereocenters. The molecule has 4 nitrogen and oxygen atoms in total. The van der Waals surface area contributed by atoms with Crippen molar-refractivity contribution in [2.45, 2.75) is 57.3 Å². The monoisotopic (exact) mass is 674 g/mol. The van der Waals surface area contributed by atoms with Crippen LogP contribution in [0, 0.1) is 0 Å². The van der Waals surface area contributed by atoms with Gasteiger partial charge in [0.25, 0.3) is 5.91 Å². The quantitative estimate of drug-likeness (QED) is 0.221. The molecular formula is C25H23Br2F7N2O2. The second kappa shape index (κ2) is 12.2. The van der Waals surface area contributed by atoms with Crippen LogP contribution in [0.25, 0.3) is 6.08 Å². The van der Waals surface area contributed by atoms with Gasteiger partial charge in [-0.05, 0) is 62.2 Å². The molecule has 0 heterocycles. The fourth-order valence-electron chi connectivity index (χ4n) is 3.45. The van der Waals surface area contributed by atoms with Crippen LogP contribution in [0.1, 0.15) is 60.2 Å². The van der Waals surface area contributed by atoms with Gasteiger partial charge < -0.3 is 10.6 Å². The number of carbonyl (C=O) groups excluding carboxylic acids is 2. The summed E-state index contributed by atoms with van der Waals surface area (Å²) in [5.74, 6) is -4.07. The minimum absolute atomic E-state index is 0.144. The SMILES string of the molecule is C[C@H](NC(=O)CC(C)(C)F)NC(=O)c1ccc(/C=C/C(c2cc(Br)cc(Br)c2)C(F)(F)F)cc1C(F)(F)F. The molecule has 1 unspecified atom stereocenters. The summed E-state index contributed by atoms with van der Waals surface area (Å²) in [6.07, 6.45) is -9.78. The van der Waals surface area contributed by atoms with Gasteiger partial charge in [-0.3, -0.25) is 9.59 Å². The molecule has 0 aromatic heterocycles. The predicted molar refractivity (Wildman–Crippen MR) is 136 cm³/mol. The second-order valence-corrected chi connectivity index (χ2v) is 10.9. The average Bonchev–Trinajstić information content (AvgIpc) is 2.69. The van der Waals surface area contributed by atoms with Crippen molar-refractivity contribution < 1.29 is 40.3 Å². The number of carbonyl (C=O) groups is 2. The molecule has 0 saturated heterocycles. The van der Waals surface area contributed by atoms with E-state index in [-0.39, 0.29) is 11.1 Å². The molecule has 2 rings (SSSR count). The predicted octanol–water partition coefficient (Wildman–Crippen LogP) is 7.92. The second-order valence-electron chi connectivity index (χ2n) is 9.04. The van der Waals surface area contributed by atoms with Crippen molar-refractivity contribution in [2.75, 3.05) is 0 Å². The van der Waals surface area contributed by atoms with E-state index in [1.807, 2.05) is 0 Å². The fourth-order valence-corrected chi connectivity index (χ4v) is 4.78. The number of halogens is 9. The number of amides is 2. The van der Waals surface area contributed by atoms with Gasteiger partial charge in [0.1, 0.15) is 5.67 Å². The summed E-state index contributed by atoms with van der Waals surface area (Å²) in [6.45, 7) is 3.61. The highest BCUT2D eigenvalue weighted by molar-refractivity contribution is 9.11. The number of hydrogen-bond donors (Lipinski definition) is 2. The maximum absolute atomic E-state index is 13.8. The van der Waals surface area contributed by atoms with Crippen LogP contribution in [0.15, 0.2) is 51.4 Å². The molecule has 2 aromatic rings. The van der Waals surface area contributed by atoms with Gasteiger partial charge in [-0.1, -0.05) is 50.1 Å². The van der Waals surface area contributed by atoms with E-state index in [9.17, 15) is 40.3 Å². The average molecular weight is 676 g/mol. The third kappa shape index (κ3) is 9.72. The Hall–Kier alpha value is -2.41. The van der Waals surface area contributed by atoms with Gasteiger partial charge in [0.15, 0.2) is 0 Å². The normalized spacial score (nSPS) is 14.3. The smallest absolute Gasteiger partial charge is 0.336 e. The standard InChI is InChI=1S/C25H23Br2F7N2O2/c1-13(35-21(37)12-23(2,3)28)36-22(38)18-6-4-14(8-20(18)25(32,33)34)5-7-19(24(29,30)31)15-9-16(26)11-17(27)10-15/h4-11,13,19H,12H2,1-3H3,(H,35,37)(H,36,38)/b7-5+/t13-,19?/m1/s1. The van der Waals surface area contributed by atoms with E-state index >= 15 is 0 Å². The zero-order chi connectivity index (χ0) is 29.1. The van der Waals surface area contributed by atoms with Crippen LogP contribution in [0.2, 0.25) is 0 Å².